The van der Waals surface area contributed by atoms with Crippen LogP contribution in [-0.4, -0.2) is 10.9 Å². The van der Waals surface area contributed by atoms with E-state index in [0.29, 0.717) is 20.9 Å². The fourth-order valence-corrected chi connectivity index (χ4v) is 2.40. The Balaban J connectivity index is 2.22. The van der Waals surface area contributed by atoms with E-state index in [1.165, 1.54) is 11.3 Å². The number of nitrogen functional groups attached to an aromatic ring is 1. The summed E-state index contributed by atoms with van der Waals surface area (Å²) >= 11 is 4.64. The largest absolute Gasteiger partial charge is 0.397 e. The second-order valence-corrected chi connectivity index (χ2v) is 5.69. The molecule has 0 fully saturated rings. The maximum Gasteiger partial charge on any atom is 0.276 e. The number of thiazole rings is 1. The molecule has 1 aromatic carbocycles. The standard InChI is InChI=1S/C11H10BrN3OS/c1-6-2-3-8(7(13)4-6)15-11(16)9-10(12)17-5-14-9/h2-5H,13H2,1H3,(H,15,16). The maximum atomic E-state index is 11.9. The minimum absolute atomic E-state index is 0.270. The lowest BCUT2D eigenvalue weighted by Gasteiger charge is -2.07. The maximum absolute atomic E-state index is 11.9. The first-order valence-corrected chi connectivity index (χ1v) is 6.51. The summed E-state index contributed by atoms with van der Waals surface area (Å²) in [6.45, 7) is 1.94. The number of anilines is 2. The topological polar surface area (TPSA) is 68.0 Å². The van der Waals surface area contributed by atoms with Gasteiger partial charge in [0, 0.05) is 0 Å². The lowest BCUT2D eigenvalue weighted by molar-refractivity contribution is 0.102. The number of nitrogens with zero attached hydrogens (tertiary/aromatic N) is 1. The fourth-order valence-electron chi connectivity index (χ4n) is 1.36. The number of halogens is 1. The van der Waals surface area contributed by atoms with Gasteiger partial charge in [0.15, 0.2) is 5.69 Å². The van der Waals surface area contributed by atoms with Crippen molar-refractivity contribution >= 4 is 44.5 Å². The van der Waals surface area contributed by atoms with Crippen LogP contribution in [0.1, 0.15) is 16.1 Å². The van der Waals surface area contributed by atoms with Gasteiger partial charge in [-0.2, -0.15) is 0 Å². The molecular formula is C11H10BrN3OS. The van der Waals surface area contributed by atoms with Crippen molar-refractivity contribution in [1.82, 2.24) is 4.98 Å². The first kappa shape index (κ1) is 12.1. The number of hydrogen-bond donors (Lipinski definition) is 2. The highest BCUT2D eigenvalue weighted by Crippen LogP contribution is 2.24. The highest BCUT2D eigenvalue weighted by molar-refractivity contribution is 9.11. The Bertz CT molecular complexity index is 568. The Hall–Kier alpha value is -1.40. The van der Waals surface area contributed by atoms with E-state index >= 15 is 0 Å². The normalized spacial score (nSPS) is 10.2. The molecule has 0 saturated carbocycles. The summed E-state index contributed by atoms with van der Waals surface area (Å²) in [6, 6.07) is 5.48. The van der Waals surface area contributed by atoms with Gasteiger partial charge in [0.1, 0.15) is 3.79 Å². The van der Waals surface area contributed by atoms with Crippen LogP contribution in [0.15, 0.2) is 27.5 Å². The van der Waals surface area contributed by atoms with Crippen molar-refractivity contribution < 1.29 is 4.79 Å². The van der Waals surface area contributed by atoms with Gasteiger partial charge in [-0.3, -0.25) is 4.79 Å². The number of nitrogens with one attached hydrogen (secondary N) is 1. The van der Waals surface area contributed by atoms with E-state index in [0.717, 1.165) is 5.56 Å². The molecule has 0 radical (unpaired) electrons. The molecule has 3 N–H and O–H groups in total. The summed E-state index contributed by atoms with van der Waals surface area (Å²) in [4.78, 5) is 15.9. The van der Waals surface area contributed by atoms with Gasteiger partial charge in [-0.25, -0.2) is 4.98 Å². The van der Waals surface area contributed by atoms with E-state index in [4.69, 9.17) is 5.73 Å². The smallest absolute Gasteiger partial charge is 0.276 e. The van der Waals surface area contributed by atoms with Crippen LogP contribution < -0.4 is 11.1 Å². The van der Waals surface area contributed by atoms with Crippen LogP contribution in [-0.2, 0) is 0 Å². The van der Waals surface area contributed by atoms with Gasteiger partial charge in [-0.05, 0) is 40.5 Å². The molecule has 0 aliphatic heterocycles. The summed E-state index contributed by atoms with van der Waals surface area (Å²) in [5.41, 5.74) is 9.99. The minimum Gasteiger partial charge on any atom is -0.397 e. The molecule has 2 aromatic rings. The van der Waals surface area contributed by atoms with Gasteiger partial charge in [-0.15, -0.1) is 11.3 Å². The molecule has 17 heavy (non-hydrogen) atoms. The predicted octanol–water partition coefficient (Wildman–Crippen LogP) is 3.05. The fraction of sp³-hybridized carbons (Fsp3) is 0.0909. The summed E-state index contributed by atoms with van der Waals surface area (Å²) < 4.78 is 0.709. The van der Waals surface area contributed by atoms with Gasteiger partial charge in [-0.1, -0.05) is 6.07 Å². The third-order valence-corrected chi connectivity index (χ3v) is 3.74. The highest BCUT2D eigenvalue weighted by Gasteiger charge is 2.14. The molecule has 0 spiro atoms. The summed E-state index contributed by atoms with van der Waals surface area (Å²) in [6.07, 6.45) is 0. The van der Waals surface area contributed by atoms with E-state index in [1.807, 2.05) is 19.1 Å². The van der Waals surface area contributed by atoms with Gasteiger partial charge in [0.2, 0.25) is 0 Å². The van der Waals surface area contributed by atoms with Crippen molar-refractivity contribution in [2.45, 2.75) is 6.92 Å². The molecule has 0 saturated heterocycles. The molecule has 0 aliphatic carbocycles. The summed E-state index contributed by atoms with van der Waals surface area (Å²) in [7, 11) is 0. The van der Waals surface area contributed by atoms with Crippen LogP contribution >= 0.6 is 27.3 Å². The van der Waals surface area contributed by atoms with Crippen LogP contribution in [0.3, 0.4) is 0 Å². The van der Waals surface area contributed by atoms with Gasteiger partial charge in [0.25, 0.3) is 5.91 Å². The predicted molar refractivity (Wildman–Crippen MR) is 73.4 cm³/mol. The Morgan fingerprint density at radius 1 is 1.53 bits per heavy atom. The van der Waals surface area contributed by atoms with Crippen molar-refractivity contribution in [3.63, 3.8) is 0 Å². The number of carbonyl (C=O) groups excluding carboxylic acids is 1. The van der Waals surface area contributed by atoms with E-state index in [-0.39, 0.29) is 5.91 Å². The molecule has 0 bridgehead atoms. The second-order valence-electron chi connectivity index (χ2n) is 3.52. The lowest BCUT2D eigenvalue weighted by atomic mass is 10.2. The number of rotatable bonds is 2. The van der Waals surface area contributed by atoms with Crippen LogP contribution in [0.2, 0.25) is 0 Å². The monoisotopic (exact) mass is 311 g/mol. The average molecular weight is 312 g/mol. The first-order chi connectivity index (χ1) is 8.08. The van der Waals surface area contributed by atoms with Crippen molar-refractivity contribution in [2.24, 2.45) is 0 Å². The first-order valence-electron chi connectivity index (χ1n) is 4.84. The van der Waals surface area contributed by atoms with Crippen LogP contribution in [0.5, 0.6) is 0 Å². The van der Waals surface area contributed by atoms with Crippen LogP contribution in [0, 0.1) is 6.92 Å². The zero-order chi connectivity index (χ0) is 12.4. The SMILES string of the molecule is Cc1ccc(NC(=O)c2ncsc2Br)c(N)c1. The third kappa shape index (κ3) is 2.65. The summed E-state index contributed by atoms with van der Waals surface area (Å²) in [5, 5.41) is 2.73. The van der Waals surface area contributed by atoms with Crippen LogP contribution in [0.4, 0.5) is 11.4 Å². The minimum atomic E-state index is -0.270. The quantitative estimate of drug-likeness (QED) is 0.838. The van der Waals surface area contributed by atoms with E-state index in [9.17, 15) is 4.79 Å². The number of carbonyl (C=O) groups is 1. The molecule has 0 aliphatic rings. The second kappa shape index (κ2) is 4.85. The Kier molecular flexibility index (Phi) is 3.44. The number of aromatic nitrogens is 1. The van der Waals surface area contributed by atoms with Gasteiger partial charge >= 0.3 is 0 Å². The Morgan fingerprint density at radius 2 is 2.29 bits per heavy atom. The molecule has 1 amide bonds. The molecule has 6 heteroatoms. The molecule has 1 heterocycles. The zero-order valence-corrected chi connectivity index (χ0v) is 11.4. The molecule has 0 unspecified atom stereocenters. The zero-order valence-electron chi connectivity index (χ0n) is 9.03. The van der Waals surface area contributed by atoms with Crippen molar-refractivity contribution in [1.29, 1.82) is 0 Å². The molecule has 1 aromatic heterocycles. The van der Waals surface area contributed by atoms with Gasteiger partial charge in [0.05, 0.1) is 16.9 Å². The van der Waals surface area contributed by atoms with Crippen molar-refractivity contribution in [2.75, 3.05) is 11.1 Å². The van der Waals surface area contributed by atoms with E-state index in [1.54, 1.807) is 11.6 Å². The number of nitrogens with two attached hydrogens (primary N) is 1. The molecule has 2 rings (SSSR count). The Morgan fingerprint density at radius 3 is 2.88 bits per heavy atom. The van der Waals surface area contributed by atoms with E-state index < -0.39 is 0 Å². The third-order valence-electron chi connectivity index (χ3n) is 2.19. The molecule has 4 nitrogen and oxygen atoms in total. The summed E-state index contributed by atoms with van der Waals surface area (Å²) in [5.74, 6) is -0.270. The van der Waals surface area contributed by atoms with Crippen LogP contribution in [0.25, 0.3) is 0 Å². The van der Waals surface area contributed by atoms with Crippen molar-refractivity contribution in [3.05, 3.63) is 38.8 Å². The molecule has 0 atom stereocenters. The molecule has 88 valence electrons. The number of aryl methyl sites for hydroxylation is 1. The number of benzene rings is 1. The highest BCUT2D eigenvalue weighted by atomic mass is 79.9. The number of hydrogen-bond acceptors (Lipinski definition) is 4. The Labute approximate surface area is 111 Å². The van der Waals surface area contributed by atoms with E-state index in [2.05, 4.69) is 26.2 Å². The number of amides is 1. The van der Waals surface area contributed by atoms with Crippen molar-refractivity contribution in [3.8, 4) is 0 Å². The molecular weight excluding hydrogens is 302 g/mol. The lowest BCUT2D eigenvalue weighted by Crippen LogP contribution is -2.14. The van der Waals surface area contributed by atoms with Gasteiger partial charge < -0.3 is 11.1 Å². The average Bonchev–Trinajstić information content (AvgIpc) is 2.68.